The summed E-state index contributed by atoms with van der Waals surface area (Å²) in [6.45, 7) is 7.06. The number of carbonyl (C=O) groups is 1. The van der Waals surface area contributed by atoms with E-state index >= 15 is 0 Å². The van der Waals surface area contributed by atoms with Gasteiger partial charge in [-0.25, -0.2) is 4.79 Å². The number of amides is 1. The summed E-state index contributed by atoms with van der Waals surface area (Å²) in [6, 6.07) is 18.3. The highest BCUT2D eigenvalue weighted by molar-refractivity contribution is 5.81. The lowest BCUT2D eigenvalue weighted by Gasteiger charge is -2.24. The molecule has 3 aromatic rings. The van der Waals surface area contributed by atoms with E-state index in [4.69, 9.17) is 9.47 Å². The van der Waals surface area contributed by atoms with Gasteiger partial charge >= 0.3 is 6.09 Å². The van der Waals surface area contributed by atoms with Gasteiger partial charge < -0.3 is 25.1 Å². The maximum atomic E-state index is 12.3. The summed E-state index contributed by atoms with van der Waals surface area (Å²) < 4.78 is 10.7. The molecule has 0 aliphatic carbocycles. The van der Waals surface area contributed by atoms with E-state index in [-0.39, 0.29) is 12.1 Å². The van der Waals surface area contributed by atoms with Crippen molar-refractivity contribution in [3.8, 4) is 5.75 Å². The Morgan fingerprint density at radius 2 is 1.87 bits per heavy atom. The van der Waals surface area contributed by atoms with Crippen LogP contribution in [0.25, 0.3) is 10.9 Å². The second-order valence-corrected chi connectivity index (χ2v) is 8.73. The number of rotatable bonds is 9. The molecule has 0 aliphatic rings. The summed E-state index contributed by atoms with van der Waals surface area (Å²) in [7, 11) is 1.68. The molecule has 1 atom stereocenters. The third-order valence-corrected chi connectivity index (χ3v) is 4.89. The lowest BCUT2D eigenvalue weighted by Crippen LogP contribution is -2.45. The number of alkyl carbamates (subject to hydrolysis) is 1. The smallest absolute Gasteiger partial charge is 0.407 e. The predicted molar refractivity (Wildman–Crippen MR) is 125 cm³/mol. The van der Waals surface area contributed by atoms with Crippen molar-refractivity contribution < 1.29 is 14.3 Å². The summed E-state index contributed by atoms with van der Waals surface area (Å²) in [6.07, 6.45) is 1.21. The van der Waals surface area contributed by atoms with Crippen LogP contribution in [0.5, 0.6) is 5.75 Å². The van der Waals surface area contributed by atoms with Crippen LogP contribution in [0.2, 0.25) is 0 Å². The lowest BCUT2D eigenvalue weighted by atomic mass is 10.1. The molecule has 6 heteroatoms. The molecule has 0 spiro atoms. The molecule has 166 valence electrons. The first-order valence-electron chi connectivity index (χ1n) is 10.7. The number of carbonyl (C=O) groups excluding carboxylic acids is 1. The van der Waals surface area contributed by atoms with Gasteiger partial charge in [-0.15, -0.1) is 0 Å². The summed E-state index contributed by atoms with van der Waals surface area (Å²) >= 11 is 0. The number of aromatic nitrogens is 1. The van der Waals surface area contributed by atoms with E-state index in [2.05, 4.69) is 33.8 Å². The van der Waals surface area contributed by atoms with Crippen molar-refractivity contribution >= 4 is 17.0 Å². The first kappa shape index (κ1) is 22.7. The fourth-order valence-electron chi connectivity index (χ4n) is 3.48. The monoisotopic (exact) mass is 423 g/mol. The highest BCUT2D eigenvalue weighted by Crippen LogP contribution is 2.21. The molecule has 0 saturated heterocycles. The number of nitrogens with one attached hydrogen (secondary N) is 3. The summed E-state index contributed by atoms with van der Waals surface area (Å²) in [5.74, 6) is 0.855. The van der Waals surface area contributed by atoms with Crippen LogP contribution in [0.3, 0.4) is 0 Å². The Hall–Kier alpha value is -2.99. The Labute approximate surface area is 184 Å². The zero-order valence-corrected chi connectivity index (χ0v) is 18.8. The first-order chi connectivity index (χ1) is 14.8. The Morgan fingerprint density at radius 1 is 1.10 bits per heavy atom. The average molecular weight is 424 g/mol. The molecule has 0 fully saturated rings. The fourth-order valence-corrected chi connectivity index (χ4v) is 3.48. The number of ether oxygens (including phenoxy) is 2. The second-order valence-electron chi connectivity index (χ2n) is 8.73. The lowest BCUT2D eigenvalue weighted by molar-refractivity contribution is 0.0504. The topological polar surface area (TPSA) is 75.4 Å². The van der Waals surface area contributed by atoms with E-state index in [0.29, 0.717) is 6.54 Å². The van der Waals surface area contributed by atoms with Gasteiger partial charge in [0.25, 0.3) is 0 Å². The fraction of sp³-hybridized carbons (Fsp3) is 0.400. The van der Waals surface area contributed by atoms with Crippen molar-refractivity contribution in [2.24, 2.45) is 0 Å². The standard InChI is InChI=1S/C25H33N3O3/c1-25(2,3)31-24(29)28-21(14-18-8-6-5-7-9-18)17-26-13-12-20-15-19-16-22(30-4)10-11-23(19)27-20/h5-11,15-16,21,26-27H,12-14,17H2,1-4H3,(H,28,29)/t21-/m0/s1. The van der Waals surface area contributed by atoms with E-state index in [1.807, 2.05) is 57.2 Å². The van der Waals surface area contributed by atoms with Crippen molar-refractivity contribution in [3.05, 3.63) is 65.9 Å². The Bertz CT molecular complexity index is 977. The molecule has 31 heavy (non-hydrogen) atoms. The molecule has 0 radical (unpaired) electrons. The van der Waals surface area contributed by atoms with E-state index in [1.54, 1.807) is 7.11 Å². The molecule has 0 saturated carbocycles. The highest BCUT2D eigenvalue weighted by atomic mass is 16.6. The number of fused-ring (bicyclic) bond motifs is 1. The van der Waals surface area contributed by atoms with Gasteiger partial charge in [0, 0.05) is 35.7 Å². The maximum Gasteiger partial charge on any atom is 0.407 e. The summed E-state index contributed by atoms with van der Waals surface area (Å²) in [5, 5.41) is 7.63. The van der Waals surface area contributed by atoms with Crippen LogP contribution >= 0.6 is 0 Å². The Balaban J connectivity index is 1.54. The van der Waals surface area contributed by atoms with Crippen molar-refractivity contribution in [3.63, 3.8) is 0 Å². The molecule has 0 unspecified atom stereocenters. The van der Waals surface area contributed by atoms with Crippen LogP contribution in [0.15, 0.2) is 54.6 Å². The molecule has 3 N–H and O–H groups in total. The third kappa shape index (κ3) is 7.33. The minimum absolute atomic E-state index is 0.0655. The van der Waals surface area contributed by atoms with E-state index in [0.717, 1.165) is 41.7 Å². The van der Waals surface area contributed by atoms with Gasteiger partial charge in [0.2, 0.25) is 0 Å². The maximum absolute atomic E-state index is 12.3. The van der Waals surface area contributed by atoms with Gasteiger partial charge in [-0.2, -0.15) is 0 Å². The third-order valence-electron chi connectivity index (χ3n) is 4.89. The van der Waals surface area contributed by atoms with E-state index in [1.165, 1.54) is 5.56 Å². The summed E-state index contributed by atoms with van der Waals surface area (Å²) in [4.78, 5) is 15.7. The van der Waals surface area contributed by atoms with Crippen molar-refractivity contribution in [2.75, 3.05) is 20.2 Å². The van der Waals surface area contributed by atoms with E-state index in [9.17, 15) is 4.79 Å². The average Bonchev–Trinajstić information content (AvgIpc) is 3.12. The van der Waals surface area contributed by atoms with Crippen molar-refractivity contribution in [1.82, 2.24) is 15.6 Å². The number of hydrogen-bond acceptors (Lipinski definition) is 4. The molecular weight excluding hydrogens is 390 g/mol. The van der Waals surface area contributed by atoms with Gasteiger partial charge in [0.1, 0.15) is 11.4 Å². The molecule has 1 aromatic heterocycles. The van der Waals surface area contributed by atoms with Gasteiger partial charge in [-0.05, 0) is 63.4 Å². The number of H-pyrrole nitrogens is 1. The number of benzene rings is 2. The highest BCUT2D eigenvalue weighted by Gasteiger charge is 2.19. The second kappa shape index (κ2) is 10.4. The molecule has 2 aromatic carbocycles. The van der Waals surface area contributed by atoms with Crippen molar-refractivity contribution in [1.29, 1.82) is 0 Å². The van der Waals surface area contributed by atoms with Crippen LogP contribution < -0.4 is 15.4 Å². The molecular formula is C25H33N3O3. The minimum atomic E-state index is -0.521. The molecule has 0 aliphatic heterocycles. The van der Waals surface area contributed by atoms with Crippen molar-refractivity contribution in [2.45, 2.75) is 45.3 Å². The van der Waals surface area contributed by atoms with E-state index < -0.39 is 5.60 Å². The molecule has 0 bridgehead atoms. The van der Waals surface area contributed by atoms with Gasteiger partial charge in [0.15, 0.2) is 0 Å². The zero-order chi connectivity index (χ0) is 22.3. The molecule has 3 rings (SSSR count). The molecule has 1 heterocycles. The van der Waals surface area contributed by atoms with Crippen LogP contribution in [-0.4, -0.2) is 42.9 Å². The molecule has 6 nitrogen and oxygen atoms in total. The predicted octanol–water partition coefficient (Wildman–Crippen LogP) is 4.44. The number of aromatic amines is 1. The van der Waals surface area contributed by atoms with Crippen LogP contribution in [0, 0.1) is 0 Å². The minimum Gasteiger partial charge on any atom is -0.497 e. The SMILES string of the molecule is COc1ccc2[nH]c(CCNC[C@H](Cc3ccccc3)NC(=O)OC(C)(C)C)cc2c1. The van der Waals surface area contributed by atoms with Gasteiger partial charge in [0.05, 0.1) is 7.11 Å². The largest absolute Gasteiger partial charge is 0.497 e. The Kier molecular flexibility index (Phi) is 7.58. The quantitative estimate of drug-likeness (QED) is 0.445. The van der Waals surface area contributed by atoms with Crippen LogP contribution in [0.1, 0.15) is 32.0 Å². The first-order valence-corrected chi connectivity index (χ1v) is 10.7. The number of hydrogen-bond donors (Lipinski definition) is 3. The molecule has 1 amide bonds. The van der Waals surface area contributed by atoms with Gasteiger partial charge in [-0.1, -0.05) is 30.3 Å². The van der Waals surface area contributed by atoms with Gasteiger partial charge in [-0.3, -0.25) is 0 Å². The zero-order valence-electron chi connectivity index (χ0n) is 18.8. The summed E-state index contributed by atoms with van der Waals surface area (Å²) in [5.41, 5.74) is 2.92. The van der Waals surface area contributed by atoms with Crippen LogP contribution in [0.4, 0.5) is 4.79 Å². The Morgan fingerprint density at radius 3 is 2.58 bits per heavy atom. The van der Waals surface area contributed by atoms with Crippen LogP contribution in [-0.2, 0) is 17.6 Å². The normalized spacial score (nSPS) is 12.5. The number of methoxy groups -OCH3 is 1.